The molecule has 1 heterocycles. The van der Waals surface area contributed by atoms with Crippen LogP contribution >= 0.6 is 0 Å². The maximum absolute atomic E-state index is 11.2. The predicted molar refractivity (Wildman–Crippen MR) is 48.5 cm³/mol. The third-order valence-electron chi connectivity index (χ3n) is 2.32. The number of hydrogen-bond acceptors (Lipinski definition) is 3. The highest BCUT2D eigenvalue weighted by molar-refractivity contribution is 5.68. The summed E-state index contributed by atoms with van der Waals surface area (Å²) in [5.74, 6) is 0. The van der Waals surface area contributed by atoms with Gasteiger partial charge in [0.15, 0.2) is 0 Å². The monoisotopic (exact) mass is 187 g/mol. The second kappa shape index (κ2) is 5.07. The van der Waals surface area contributed by atoms with Crippen LogP contribution in [0.1, 0.15) is 26.2 Å². The molecular weight excluding hydrogens is 170 g/mol. The smallest absolute Gasteiger partial charge is 0.409 e. The van der Waals surface area contributed by atoms with Crippen molar-refractivity contribution in [3.8, 4) is 0 Å². The zero-order valence-electron chi connectivity index (χ0n) is 8.03. The first kappa shape index (κ1) is 10.3. The SMILES string of the molecule is CC(CCCO)N1CCCOC1=O. The number of ether oxygens (including phenoxy) is 1. The van der Waals surface area contributed by atoms with Crippen LogP contribution in [-0.2, 0) is 4.74 Å². The molecule has 1 amide bonds. The number of carbonyl (C=O) groups is 1. The molecule has 76 valence electrons. The molecule has 1 atom stereocenters. The van der Waals surface area contributed by atoms with Crippen LogP contribution in [0.25, 0.3) is 0 Å². The quantitative estimate of drug-likeness (QED) is 0.714. The third-order valence-corrected chi connectivity index (χ3v) is 2.32. The molecule has 0 radical (unpaired) electrons. The van der Waals surface area contributed by atoms with Crippen molar-refractivity contribution < 1.29 is 14.6 Å². The van der Waals surface area contributed by atoms with Gasteiger partial charge in [0.25, 0.3) is 0 Å². The third kappa shape index (κ3) is 2.88. The van der Waals surface area contributed by atoms with Crippen molar-refractivity contribution in [2.24, 2.45) is 0 Å². The lowest BCUT2D eigenvalue weighted by Crippen LogP contribution is -2.43. The molecule has 1 N–H and O–H groups in total. The highest BCUT2D eigenvalue weighted by Crippen LogP contribution is 2.12. The van der Waals surface area contributed by atoms with E-state index in [-0.39, 0.29) is 18.7 Å². The van der Waals surface area contributed by atoms with Gasteiger partial charge in [-0.05, 0) is 26.2 Å². The van der Waals surface area contributed by atoms with Gasteiger partial charge in [0.1, 0.15) is 0 Å². The number of hydrogen-bond donors (Lipinski definition) is 1. The van der Waals surface area contributed by atoms with Crippen molar-refractivity contribution in [2.75, 3.05) is 19.8 Å². The normalized spacial score (nSPS) is 19.8. The Morgan fingerprint density at radius 2 is 2.46 bits per heavy atom. The Labute approximate surface area is 78.5 Å². The van der Waals surface area contributed by atoms with Crippen molar-refractivity contribution in [3.63, 3.8) is 0 Å². The van der Waals surface area contributed by atoms with Crippen LogP contribution in [0.3, 0.4) is 0 Å². The Morgan fingerprint density at radius 3 is 3.08 bits per heavy atom. The molecule has 0 aromatic rings. The lowest BCUT2D eigenvalue weighted by atomic mass is 10.1. The number of cyclic esters (lactones) is 1. The zero-order chi connectivity index (χ0) is 9.68. The molecule has 0 saturated carbocycles. The molecule has 13 heavy (non-hydrogen) atoms. The number of carbonyl (C=O) groups excluding carboxylic acids is 1. The highest BCUT2D eigenvalue weighted by Gasteiger charge is 2.23. The van der Waals surface area contributed by atoms with Gasteiger partial charge in [0.2, 0.25) is 0 Å². The maximum atomic E-state index is 11.2. The predicted octanol–water partition coefficient (Wildman–Crippen LogP) is 0.990. The second-order valence-electron chi connectivity index (χ2n) is 3.38. The van der Waals surface area contributed by atoms with Crippen molar-refractivity contribution in [1.82, 2.24) is 4.90 Å². The van der Waals surface area contributed by atoms with Gasteiger partial charge in [-0.3, -0.25) is 0 Å². The van der Waals surface area contributed by atoms with Crippen LogP contribution in [0.2, 0.25) is 0 Å². The molecule has 1 aliphatic heterocycles. The molecule has 4 nitrogen and oxygen atoms in total. The number of amides is 1. The summed E-state index contributed by atoms with van der Waals surface area (Å²) in [6.07, 6.45) is 2.28. The summed E-state index contributed by atoms with van der Waals surface area (Å²) in [6.45, 7) is 3.50. The molecular formula is C9H17NO3. The molecule has 0 spiro atoms. The molecule has 1 rings (SSSR count). The summed E-state index contributed by atoms with van der Waals surface area (Å²) in [5.41, 5.74) is 0. The lowest BCUT2D eigenvalue weighted by molar-refractivity contribution is 0.0553. The van der Waals surface area contributed by atoms with Gasteiger partial charge in [0, 0.05) is 19.2 Å². The molecule has 0 aromatic heterocycles. The Kier molecular flexibility index (Phi) is 4.02. The fourth-order valence-electron chi connectivity index (χ4n) is 1.51. The average molecular weight is 187 g/mol. The van der Waals surface area contributed by atoms with Crippen LogP contribution in [0.4, 0.5) is 4.79 Å². The number of nitrogens with zero attached hydrogens (tertiary/aromatic N) is 1. The van der Waals surface area contributed by atoms with E-state index in [1.165, 1.54) is 0 Å². The fourth-order valence-corrected chi connectivity index (χ4v) is 1.51. The Bertz CT molecular complexity index is 172. The summed E-state index contributed by atoms with van der Waals surface area (Å²) >= 11 is 0. The first-order chi connectivity index (χ1) is 6.25. The van der Waals surface area contributed by atoms with E-state index in [0.717, 1.165) is 25.8 Å². The van der Waals surface area contributed by atoms with Gasteiger partial charge in [-0.15, -0.1) is 0 Å². The first-order valence-electron chi connectivity index (χ1n) is 4.80. The minimum atomic E-state index is -0.211. The van der Waals surface area contributed by atoms with Crippen molar-refractivity contribution in [3.05, 3.63) is 0 Å². The van der Waals surface area contributed by atoms with Crippen LogP contribution in [0.15, 0.2) is 0 Å². The average Bonchev–Trinajstić information content (AvgIpc) is 2.15. The van der Waals surface area contributed by atoms with E-state index in [9.17, 15) is 4.79 Å². The summed E-state index contributed by atoms with van der Waals surface area (Å²) in [6, 6.07) is 0.181. The number of aliphatic hydroxyl groups is 1. The van der Waals surface area contributed by atoms with Crippen LogP contribution in [0.5, 0.6) is 0 Å². The van der Waals surface area contributed by atoms with E-state index in [4.69, 9.17) is 9.84 Å². The standard InChI is InChI=1S/C9H17NO3/c1-8(4-2-6-11)10-5-3-7-13-9(10)12/h8,11H,2-7H2,1H3. The topological polar surface area (TPSA) is 49.8 Å². The lowest BCUT2D eigenvalue weighted by Gasteiger charge is -2.31. The van der Waals surface area contributed by atoms with E-state index < -0.39 is 0 Å². The summed E-state index contributed by atoms with van der Waals surface area (Å²) < 4.78 is 4.92. The van der Waals surface area contributed by atoms with E-state index in [1.807, 2.05) is 6.92 Å². The molecule has 1 fully saturated rings. The van der Waals surface area contributed by atoms with E-state index in [1.54, 1.807) is 4.90 Å². The van der Waals surface area contributed by atoms with Crippen LogP contribution in [-0.4, -0.2) is 41.9 Å². The molecule has 4 heteroatoms. The number of aliphatic hydroxyl groups excluding tert-OH is 1. The van der Waals surface area contributed by atoms with Gasteiger partial charge in [-0.25, -0.2) is 4.79 Å². The van der Waals surface area contributed by atoms with Crippen LogP contribution in [0, 0.1) is 0 Å². The molecule has 1 unspecified atom stereocenters. The number of rotatable bonds is 4. The van der Waals surface area contributed by atoms with Gasteiger partial charge in [-0.2, -0.15) is 0 Å². The fraction of sp³-hybridized carbons (Fsp3) is 0.889. The van der Waals surface area contributed by atoms with Crippen LogP contribution < -0.4 is 0 Å². The van der Waals surface area contributed by atoms with E-state index in [0.29, 0.717) is 6.61 Å². The van der Waals surface area contributed by atoms with Crippen molar-refractivity contribution in [2.45, 2.75) is 32.2 Å². The second-order valence-corrected chi connectivity index (χ2v) is 3.38. The summed E-state index contributed by atoms with van der Waals surface area (Å²) in [7, 11) is 0. The molecule has 0 bridgehead atoms. The Hall–Kier alpha value is -0.770. The zero-order valence-corrected chi connectivity index (χ0v) is 8.03. The van der Waals surface area contributed by atoms with Gasteiger partial charge in [0.05, 0.1) is 6.61 Å². The molecule has 1 saturated heterocycles. The Morgan fingerprint density at radius 1 is 1.69 bits per heavy atom. The first-order valence-corrected chi connectivity index (χ1v) is 4.80. The van der Waals surface area contributed by atoms with Gasteiger partial charge < -0.3 is 14.7 Å². The minimum absolute atomic E-state index is 0.181. The van der Waals surface area contributed by atoms with Crippen molar-refractivity contribution >= 4 is 6.09 Å². The van der Waals surface area contributed by atoms with Gasteiger partial charge >= 0.3 is 6.09 Å². The van der Waals surface area contributed by atoms with Crippen molar-refractivity contribution in [1.29, 1.82) is 0 Å². The largest absolute Gasteiger partial charge is 0.449 e. The molecule has 0 aromatic carbocycles. The molecule has 1 aliphatic rings. The van der Waals surface area contributed by atoms with E-state index in [2.05, 4.69) is 0 Å². The summed E-state index contributed by atoms with van der Waals surface area (Å²) in [5, 5.41) is 8.64. The van der Waals surface area contributed by atoms with E-state index >= 15 is 0 Å². The van der Waals surface area contributed by atoms with Gasteiger partial charge in [-0.1, -0.05) is 0 Å². The maximum Gasteiger partial charge on any atom is 0.409 e. The molecule has 0 aliphatic carbocycles. The minimum Gasteiger partial charge on any atom is -0.449 e. The summed E-state index contributed by atoms with van der Waals surface area (Å²) in [4.78, 5) is 13.0. The Balaban J connectivity index is 2.34. The highest BCUT2D eigenvalue weighted by atomic mass is 16.6.